The van der Waals surface area contributed by atoms with Crippen molar-refractivity contribution in [1.82, 2.24) is 19.2 Å². The van der Waals surface area contributed by atoms with Crippen molar-refractivity contribution >= 4 is 28.3 Å². The van der Waals surface area contributed by atoms with Gasteiger partial charge in [-0.25, -0.2) is 0 Å². The topological polar surface area (TPSA) is 70.1 Å². The molecule has 1 fully saturated rings. The molecule has 0 N–H and O–H groups in total. The van der Waals surface area contributed by atoms with Gasteiger partial charge >= 0.3 is 6.18 Å². The third kappa shape index (κ3) is 5.07. The zero-order valence-corrected chi connectivity index (χ0v) is 22.0. The fourth-order valence-electron chi connectivity index (χ4n) is 5.38. The molecule has 1 aliphatic heterocycles. The second-order valence-corrected chi connectivity index (χ2v) is 9.96. The van der Waals surface area contributed by atoms with E-state index in [4.69, 9.17) is 16.9 Å². The first-order valence-electron chi connectivity index (χ1n) is 12.3. The average Bonchev–Trinajstić information content (AvgIpc) is 3.29. The van der Waals surface area contributed by atoms with Gasteiger partial charge in [-0.3, -0.25) is 14.4 Å². The van der Waals surface area contributed by atoms with Gasteiger partial charge in [0.15, 0.2) is 0 Å². The van der Waals surface area contributed by atoms with Gasteiger partial charge in [0.1, 0.15) is 12.1 Å². The molecule has 0 radical (unpaired) electrons. The Kier molecular flexibility index (Phi) is 7.58. The number of fused-ring (bicyclic) bond motifs is 1. The highest BCUT2D eigenvalue weighted by atomic mass is 35.5. The summed E-state index contributed by atoms with van der Waals surface area (Å²) < 4.78 is 44.7. The third-order valence-corrected chi connectivity index (χ3v) is 7.66. The Labute approximate surface area is 218 Å². The van der Waals surface area contributed by atoms with E-state index in [-0.39, 0.29) is 34.8 Å². The number of pyridine rings is 1. The van der Waals surface area contributed by atoms with Gasteiger partial charge in [0.2, 0.25) is 0 Å². The lowest BCUT2D eigenvalue weighted by Crippen LogP contribution is -2.59. The lowest BCUT2D eigenvalue weighted by molar-refractivity contribution is -0.138. The molecule has 0 spiro atoms. The number of hydrogen-bond acceptors (Lipinski definition) is 5. The van der Waals surface area contributed by atoms with Crippen LogP contribution < -0.4 is 10.5 Å². The van der Waals surface area contributed by atoms with Gasteiger partial charge in [-0.1, -0.05) is 31.5 Å². The average molecular weight is 535 g/mol. The molecule has 1 aromatic carbocycles. The van der Waals surface area contributed by atoms with Crippen LogP contribution >= 0.6 is 11.6 Å². The van der Waals surface area contributed by atoms with Crippen molar-refractivity contribution in [2.24, 2.45) is 7.05 Å². The fraction of sp³-hybridized carbons (Fsp3) is 0.500. The Bertz CT molecular complexity index is 1390. The van der Waals surface area contributed by atoms with Gasteiger partial charge in [0.05, 0.1) is 29.0 Å². The Morgan fingerprint density at radius 2 is 1.89 bits per heavy atom. The molecular formula is C26H30ClF3N6O. The summed E-state index contributed by atoms with van der Waals surface area (Å²) in [4.78, 5) is 17.1. The summed E-state index contributed by atoms with van der Waals surface area (Å²) in [6.45, 7) is 6.97. The standard InChI is InChI=1S/C26H30ClF3N6O/c1-5-18-14-36(22-12-24(37)33(4)23-15-34(10-9-31)32-25(22)23)19(6-2)13-35(18)16(3)20-8-7-17(27)11-21(20)26(28,29)30/h7-8,11-12,15-16,18-19H,5-6,10,13-14H2,1-4H3/t16?,18-,19+/m1/s1. The van der Waals surface area contributed by atoms with Gasteiger partial charge < -0.3 is 9.47 Å². The molecule has 0 amide bonds. The minimum absolute atomic E-state index is 0.0525. The van der Waals surface area contributed by atoms with Crippen LogP contribution in [0.4, 0.5) is 18.9 Å². The zero-order valence-electron chi connectivity index (χ0n) is 21.3. The van der Waals surface area contributed by atoms with Gasteiger partial charge in [-0.2, -0.15) is 23.5 Å². The molecule has 0 saturated carbocycles. The monoisotopic (exact) mass is 534 g/mol. The largest absolute Gasteiger partial charge is 0.416 e. The molecule has 1 unspecified atom stereocenters. The van der Waals surface area contributed by atoms with Crippen LogP contribution in [0.15, 0.2) is 35.3 Å². The lowest BCUT2D eigenvalue weighted by Gasteiger charge is -2.49. The van der Waals surface area contributed by atoms with E-state index in [0.717, 1.165) is 12.5 Å². The lowest BCUT2D eigenvalue weighted by atomic mass is 9.94. The van der Waals surface area contributed by atoms with Gasteiger partial charge in [0, 0.05) is 49.4 Å². The summed E-state index contributed by atoms with van der Waals surface area (Å²) in [5.74, 6) is 0. The number of benzene rings is 1. The highest BCUT2D eigenvalue weighted by Crippen LogP contribution is 2.40. The molecule has 198 valence electrons. The number of nitriles is 1. The molecule has 37 heavy (non-hydrogen) atoms. The number of alkyl halides is 3. The van der Waals surface area contributed by atoms with Gasteiger partial charge in [0.25, 0.3) is 5.56 Å². The summed E-state index contributed by atoms with van der Waals surface area (Å²) in [5, 5.41) is 13.8. The summed E-state index contributed by atoms with van der Waals surface area (Å²) in [5.41, 5.74) is 1.25. The smallest absolute Gasteiger partial charge is 0.364 e. The molecule has 0 aliphatic carbocycles. The molecule has 1 saturated heterocycles. The number of piperazine rings is 1. The highest BCUT2D eigenvalue weighted by molar-refractivity contribution is 6.30. The third-order valence-electron chi connectivity index (χ3n) is 7.43. The van der Waals surface area contributed by atoms with Crippen molar-refractivity contribution < 1.29 is 13.2 Å². The van der Waals surface area contributed by atoms with Crippen LogP contribution in [-0.4, -0.2) is 44.4 Å². The van der Waals surface area contributed by atoms with E-state index in [0.29, 0.717) is 36.2 Å². The maximum Gasteiger partial charge on any atom is 0.416 e. The summed E-state index contributed by atoms with van der Waals surface area (Å²) in [7, 11) is 1.67. The van der Waals surface area contributed by atoms with E-state index in [1.165, 1.54) is 21.4 Å². The maximum atomic E-state index is 13.9. The Hall–Kier alpha value is -3.03. The molecule has 2 aromatic heterocycles. The molecule has 1 aliphatic rings. The van der Waals surface area contributed by atoms with E-state index in [1.54, 1.807) is 19.3 Å². The van der Waals surface area contributed by atoms with Crippen LogP contribution in [-0.2, 0) is 19.8 Å². The molecule has 7 nitrogen and oxygen atoms in total. The first-order valence-corrected chi connectivity index (χ1v) is 12.7. The fourth-order valence-corrected chi connectivity index (χ4v) is 5.56. The quantitative estimate of drug-likeness (QED) is 0.425. The predicted octanol–water partition coefficient (Wildman–Crippen LogP) is 5.37. The summed E-state index contributed by atoms with van der Waals surface area (Å²) >= 11 is 5.92. The number of halogens is 4. The number of aromatic nitrogens is 3. The predicted molar refractivity (Wildman–Crippen MR) is 138 cm³/mol. The Morgan fingerprint density at radius 3 is 2.51 bits per heavy atom. The maximum absolute atomic E-state index is 13.9. The normalized spacial score (nSPS) is 19.8. The Morgan fingerprint density at radius 1 is 1.19 bits per heavy atom. The van der Waals surface area contributed by atoms with Crippen molar-refractivity contribution in [1.29, 1.82) is 5.26 Å². The molecule has 3 atom stereocenters. The van der Waals surface area contributed by atoms with Crippen LogP contribution in [0.25, 0.3) is 11.0 Å². The number of anilines is 1. The van der Waals surface area contributed by atoms with Crippen LogP contribution in [0.3, 0.4) is 0 Å². The summed E-state index contributed by atoms with van der Waals surface area (Å²) in [6.07, 6.45) is -1.38. The molecule has 0 bridgehead atoms. The number of nitrogens with zero attached hydrogens (tertiary/aromatic N) is 6. The molecular weight excluding hydrogens is 505 g/mol. The van der Waals surface area contributed by atoms with Gasteiger partial charge in [-0.05, 0) is 37.5 Å². The second kappa shape index (κ2) is 10.4. The molecule has 3 heterocycles. The van der Waals surface area contributed by atoms with E-state index in [9.17, 15) is 18.0 Å². The van der Waals surface area contributed by atoms with Crippen molar-refractivity contribution in [3.63, 3.8) is 0 Å². The highest BCUT2D eigenvalue weighted by Gasteiger charge is 2.40. The number of aryl methyl sites for hydroxylation is 1. The molecule has 11 heteroatoms. The first kappa shape index (κ1) is 27.0. The van der Waals surface area contributed by atoms with Crippen molar-refractivity contribution in [2.75, 3.05) is 18.0 Å². The van der Waals surface area contributed by atoms with Crippen LogP contribution in [0.5, 0.6) is 0 Å². The zero-order chi connectivity index (χ0) is 27.1. The second-order valence-electron chi connectivity index (χ2n) is 9.52. The van der Waals surface area contributed by atoms with Crippen LogP contribution in [0.2, 0.25) is 5.02 Å². The van der Waals surface area contributed by atoms with Crippen molar-refractivity contribution in [3.05, 3.63) is 57.0 Å². The van der Waals surface area contributed by atoms with E-state index in [2.05, 4.69) is 21.0 Å². The number of rotatable bonds is 6. The minimum Gasteiger partial charge on any atom is -0.364 e. The first-order chi connectivity index (χ1) is 17.5. The molecule has 4 rings (SSSR count). The molecule has 3 aromatic rings. The van der Waals surface area contributed by atoms with Crippen molar-refractivity contribution in [3.8, 4) is 6.07 Å². The van der Waals surface area contributed by atoms with Crippen LogP contribution in [0.1, 0.15) is 50.8 Å². The SMILES string of the molecule is CC[C@H]1CN(C(C)c2ccc(Cl)cc2C(F)(F)F)[C@H](CC)CN1c1cc(=O)n(C)c2cn(CC#N)nc12. The van der Waals surface area contributed by atoms with Crippen LogP contribution in [0, 0.1) is 11.3 Å². The summed E-state index contributed by atoms with van der Waals surface area (Å²) in [6, 6.07) is 7.01. The van der Waals surface area contributed by atoms with E-state index >= 15 is 0 Å². The van der Waals surface area contributed by atoms with Gasteiger partial charge in [-0.15, -0.1) is 0 Å². The minimum atomic E-state index is -4.51. The Balaban J connectivity index is 1.75. The van der Waals surface area contributed by atoms with E-state index in [1.807, 2.05) is 20.8 Å². The van der Waals surface area contributed by atoms with Crippen molar-refractivity contribution in [2.45, 2.75) is 64.5 Å². The number of hydrogen-bond donors (Lipinski definition) is 0. The van der Waals surface area contributed by atoms with E-state index < -0.39 is 17.8 Å².